The van der Waals surface area contributed by atoms with Gasteiger partial charge in [0.15, 0.2) is 5.82 Å². The molecule has 4 heteroatoms. The summed E-state index contributed by atoms with van der Waals surface area (Å²) in [4.78, 5) is 4.20. The van der Waals surface area contributed by atoms with Crippen LogP contribution in [0.3, 0.4) is 0 Å². The van der Waals surface area contributed by atoms with Crippen molar-refractivity contribution in [3.63, 3.8) is 0 Å². The van der Waals surface area contributed by atoms with Crippen molar-refractivity contribution in [2.75, 3.05) is 0 Å². The Morgan fingerprint density at radius 3 is 2.46 bits per heavy atom. The molecule has 0 aliphatic heterocycles. The van der Waals surface area contributed by atoms with E-state index in [1.165, 1.54) is 23.7 Å². The van der Waals surface area contributed by atoms with Crippen molar-refractivity contribution in [3.8, 4) is 11.4 Å². The van der Waals surface area contributed by atoms with E-state index in [0.717, 1.165) is 10.6 Å². The van der Waals surface area contributed by atoms with Gasteiger partial charge >= 0.3 is 0 Å². The van der Waals surface area contributed by atoms with Crippen LogP contribution in [-0.4, -0.2) is 9.36 Å². The molecule has 0 spiro atoms. The molecule has 0 fully saturated rings. The average Bonchev–Trinajstić information content (AvgIpc) is 2.53. The first kappa shape index (κ1) is 8.31. The van der Waals surface area contributed by atoms with Crippen LogP contribution in [-0.2, 0) is 0 Å². The van der Waals surface area contributed by atoms with E-state index in [4.69, 9.17) is 0 Å². The topological polar surface area (TPSA) is 25.8 Å². The van der Waals surface area contributed by atoms with E-state index < -0.39 is 0 Å². The van der Waals surface area contributed by atoms with Gasteiger partial charge < -0.3 is 0 Å². The monoisotopic (exact) mass is 194 g/mol. The predicted molar refractivity (Wildman–Crippen MR) is 50.0 cm³/mol. The first-order chi connectivity index (χ1) is 6.25. The van der Waals surface area contributed by atoms with E-state index in [-0.39, 0.29) is 5.82 Å². The van der Waals surface area contributed by atoms with E-state index >= 15 is 0 Å². The minimum absolute atomic E-state index is 0.240. The Morgan fingerprint density at radius 2 is 1.92 bits per heavy atom. The Labute approximate surface area is 79.2 Å². The van der Waals surface area contributed by atoms with Gasteiger partial charge in [-0.1, -0.05) is 0 Å². The fourth-order valence-electron chi connectivity index (χ4n) is 1.02. The standard InChI is InChI=1S/C9H7FN2S/c1-6-11-9(12-13-6)7-2-4-8(10)5-3-7/h2-5H,1H3. The highest BCUT2D eigenvalue weighted by molar-refractivity contribution is 7.05. The van der Waals surface area contributed by atoms with Gasteiger partial charge in [-0.05, 0) is 42.7 Å². The second kappa shape index (κ2) is 3.22. The van der Waals surface area contributed by atoms with Gasteiger partial charge in [0.05, 0.1) is 0 Å². The summed E-state index contributed by atoms with van der Waals surface area (Å²) >= 11 is 1.35. The number of aromatic nitrogens is 2. The molecule has 0 amide bonds. The second-order valence-corrected chi connectivity index (χ2v) is 3.60. The van der Waals surface area contributed by atoms with Crippen LogP contribution in [0.15, 0.2) is 24.3 Å². The molecule has 0 aliphatic rings. The van der Waals surface area contributed by atoms with E-state index in [1.807, 2.05) is 6.92 Å². The molecule has 0 aliphatic carbocycles. The van der Waals surface area contributed by atoms with Crippen LogP contribution in [0.5, 0.6) is 0 Å². The number of nitrogens with zero attached hydrogens (tertiary/aromatic N) is 2. The van der Waals surface area contributed by atoms with E-state index in [2.05, 4.69) is 9.36 Å². The normalized spacial score (nSPS) is 10.3. The van der Waals surface area contributed by atoms with Crippen LogP contribution in [0.4, 0.5) is 4.39 Å². The molecule has 0 atom stereocenters. The maximum atomic E-state index is 12.6. The molecule has 0 unspecified atom stereocenters. The van der Waals surface area contributed by atoms with Gasteiger partial charge in [0, 0.05) is 5.56 Å². The Hall–Kier alpha value is -1.29. The molecule has 1 heterocycles. The molecule has 1 aromatic carbocycles. The minimum atomic E-state index is -0.240. The Morgan fingerprint density at radius 1 is 1.23 bits per heavy atom. The zero-order valence-electron chi connectivity index (χ0n) is 6.99. The van der Waals surface area contributed by atoms with E-state index in [0.29, 0.717) is 5.82 Å². The van der Waals surface area contributed by atoms with Crippen molar-refractivity contribution in [2.24, 2.45) is 0 Å². The SMILES string of the molecule is Cc1nc(-c2ccc(F)cc2)ns1. The minimum Gasteiger partial charge on any atom is -0.220 e. The molecule has 0 saturated carbocycles. The smallest absolute Gasteiger partial charge is 0.173 e. The fourth-order valence-corrected chi connectivity index (χ4v) is 1.51. The Balaban J connectivity index is 2.41. The highest BCUT2D eigenvalue weighted by Crippen LogP contribution is 2.17. The van der Waals surface area contributed by atoms with Gasteiger partial charge in [-0.15, -0.1) is 0 Å². The quantitative estimate of drug-likeness (QED) is 0.697. The lowest BCUT2D eigenvalue weighted by atomic mass is 10.2. The average molecular weight is 194 g/mol. The van der Waals surface area contributed by atoms with Crippen molar-refractivity contribution in [1.82, 2.24) is 9.36 Å². The second-order valence-electron chi connectivity index (χ2n) is 2.64. The number of rotatable bonds is 1. The molecule has 13 heavy (non-hydrogen) atoms. The summed E-state index contributed by atoms with van der Waals surface area (Å²) in [6, 6.07) is 6.17. The van der Waals surface area contributed by atoms with Gasteiger partial charge in [0.2, 0.25) is 0 Å². The van der Waals surface area contributed by atoms with Crippen molar-refractivity contribution >= 4 is 11.5 Å². The summed E-state index contributed by atoms with van der Waals surface area (Å²) in [5.74, 6) is 0.429. The van der Waals surface area contributed by atoms with Gasteiger partial charge in [-0.3, -0.25) is 0 Å². The number of benzene rings is 1. The summed E-state index contributed by atoms with van der Waals surface area (Å²) in [5, 5.41) is 0.916. The highest BCUT2D eigenvalue weighted by atomic mass is 32.1. The van der Waals surface area contributed by atoms with Gasteiger partial charge in [0.25, 0.3) is 0 Å². The first-order valence-corrected chi connectivity index (χ1v) is 4.59. The zero-order chi connectivity index (χ0) is 9.26. The number of hydrogen-bond acceptors (Lipinski definition) is 3. The molecule has 0 radical (unpaired) electrons. The molecular formula is C9H7FN2S. The van der Waals surface area contributed by atoms with Crippen molar-refractivity contribution in [1.29, 1.82) is 0 Å². The summed E-state index contributed by atoms with van der Waals surface area (Å²) < 4.78 is 16.7. The van der Waals surface area contributed by atoms with Crippen LogP contribution in [0, 0.1) is 12.7 Å². The largest absolute Gasteiger partial charge is 0.220 e. The van der Waals surface area contributed by atoms with Crippen LogP contribution in [0.25, 0.3) is 11.4 Å². The van der Waals surface area contributed by atoms with E-state index in [9.17, 15) is 4.39 Å². The van der Waals surface area contributed by atoms with Crippen molar-refractivity contribution in [3.05, 3.63) is 35.1 Å². The highest BCUT2D eigenvalue weighted by Gasteiger charge is 2.02. The number of halogens is 1. The van der Waals surface area contributed by atoms with Crippen molar-refractivity contribution in [2.45, 2.75) is 6.92 Å². The molecular weight excluding hydrogens is 187 g/mol. The summed E-state index contributed by atoms with van der Waals surface area (Å²) in [6.07, 6.45) is 0. The summed E-state index contributed by atoms with van der Waals surface area (Å²) in [7, 11) is 0. The zero-order valence-corrected chi connectivity index (χ0v) is 7.81. The lowest BCUT2D eigenvalue weighted by Gasteiger charge is -1.93. The molecule has 0 N–H and O–H groups in total. The molecule has 1 aromatic heterocycles. The Kier molecular flexibility index (Phi) is 2.06. The summed E-state index contributed by atoms with van der Waals surface area (Å²) in [5.41, 5.74) is 0.853. The third-order valence-electron chi connectivity index (χ3n) is 1.63. The molecule has 0 bridgehead atoms. The molecule has 2 aromatic rings. The lowest BCUT2D eigenvalue weighted by Crippen LogP contribution is -1.80. The van der Waals surface area contributed by atoms with Crippen molar-refractivity contribution < 1.29 is 4.39 Å². The van der Waals surface area contributed by atoms with Crippen LogP contribution in [0.1, 0.15) is 5.01 Å². The summed E-state index contributed by atoms with van der Waals surface area (Å²) in [6.45, 7) is 1.89. The first-order valence-electron chi connectivity index (χ1n) is 3.82. The fraction of sp³-hybridized carbons (Fsp3) is 0.111. The third kappa shape index (κ3) is 1.72. The van der Waals surface area contributed by atoms with Gasteiger partial charge in [-0.2, -0.15) is 4.37 Å². The molecule has 2 nitrogen and oxygen atoms in total. The van der Waals surface area contributed by atoms with Crippen LogP contribution in [0.2, 0.25) is 0 Å². The van der Waals surface area contributed by atoms with E-state index in [1.54, 1.807) is 12.1 Å². The van der Waals surface area contributed by atoms with Gasteiger partial charge in [-0.25, -0.2) is 9.37 Å². The predicted octanol–water partition coefficient (Wildman–Crippen LogP) is 2.65. The molecule has 66 valence electrons. The maximum absolute atomic E-state index is 12.6. The molecule has 0 saturated heterocycles. The number of hydrogen-bond donors (Lipinski definition) is 0. The maximum Gasteiger partial charge on any atom is 0.173 e. The Bertz CT molecular complexity index is 408. The lowest BCUT2D eigenvalue weighted by molar-refractivity contribution is 0.628. The molecule has 2 rings (SSSR count). The van der Waals surface area contributed by atoms with Crippen LogP contribution >= 0.6 is 11.5 Å². The van der Waals surface area contributed by atoms with Gasteiger partial charge in [0.1, 0.15) is 10.8 Å². The van der Waals surface area contributed by atoms with Crippen LogP contribution < -0.4 is 0 Å². The third-order valence-corrected chi connectivity index (χ3v) is 2.25. The number of aryl methyl sites for hydroxylation is 1.